The minimum atomic E-state index is 0.345. The summed E-state index contributed by atoms with van der Waals surface area (Å²) in [4.78, 5) is 0. The van der Waals surface area contributed by atoms with Gasteiger partial charge in [0.05, 0.1) is 0 Å². The first kappa shape index (κ1) is 16.3. The highest BCUT2D eigenvalue weighted by atomic mass is 14.9. The van der Waals surface area contributed by atoms with Crippen LogP contribution in [0.2, 0.25) is 0 Å². The summed E-state index contributed by atoms with van der Waals surface area (Å²) in [6.45, 7) is 8.08. The van der Waals surface area contributed by atoms with E-state index in [1.54, 1.807) is 5.57 Å². The fourth-order valence-electron chi connectivity index (χ4n) is 3.14. The van der Waals surface area contributed by atoms with Crippen molar-refractivity contribution in [2.45, 2.75) is 65.3 Å². The Hall–Kier alpha value is -1.08. The van der Waals surface area contributed by atoms with Crippen LogP contribution in [0.25, 0.3) is 0 Å². The molecule has 0 heterocycles. The van der Waals surface area contributed by atoms with Gasteiger partial charge >= 0.3 is 0 Å². The van der Waals surface area contributed by atoms with E-state index < -0.39 is 0 Å². The molecule has 2 rings (SSSR count). The van der Waals surface area contributed by atoms with Crippen LogP contribution in [0.1, 0.15) is 70.9 Å². The molecule has 1 aliphatic rings. The standard InChI is InChI=1S/C20H31N/c1-20(2,3)16-19(18-12-8-5-9-13-18)21-15-14-17-10-6-4-7-11-17/h5,8-10,12-13,19,21H,4,6-7,11,14-16H2,1-3H3. The third-order valence-corrected chi connectivity index (χ3v) is 4.24. The third-order valence-electron chi connectivity index (χ3n) is 4.24. The molecular formula is C20H31N. The maximum atomic E-state index is 3.80. The second-order valence-electron chi connectivity index (χ2n) is 7.54. The van der Waals surface area contributed by atoms with E-state index in [0.717, 1.165) is 6.54 Å². The molecule has 0 spiro atoms. The summed E-state index contributed by atoms with van der Waals surface area (Å²) in [5.74, 6) is 0. The highest BCUT2D eigenvalue weighted by Gasteiger charge is 2.19. The van der Waals surface area contributed by atoms with Crippen molar-refractivity contribution in [3.8, 4) is 0 Å². The lowest BCUT2D eigenvalue weighted by molar-refractivity contribution is 0.312. The summed E-state index contributed by atoms with van der Waals surface area (Å²) < 4.78 is 0. The Kier molecular flexibility index (Phi) is 6.05. The van der Waals surface area contributed by atoms with Crippen molar-refractivity contribution in [2.24, 2.45) is 5.41 Å². The molecule has 0 fully saturated rings. The van der Waals surface area contributed by atoms with Gasteiger partial charge in [0.1, 0.15) is 0 Å². The van der Waals surface area contributed by atoms with Gasteiger partial charge in [0.15, 0.2) is 0 Å². The normalized spacial score (nSPS) is 17.4. The molecule has 1 heteroatoms. The van der Waals surface area contributed by atoms with Crippen LogP contribution in [0, 0.1) is 5.41 Å². The van der Waals surface area contributed by atoms with E-state index in [1.165, 1.54) is 44.1 Å². The Bertz CT molecular complexity index is 439. The third kappa shape index (κ3) is 6.05. The van der Waals surface area contributed by atoms with E-state index >= 15 is 0 Å². The number of hydrogen-bond acceptors (Lipinski definition) is 1. The number of nitrogens with one attached hydrogen (secondary N) is 1. The fraction of sp³-hybridized carbons (Fsp3) is 0.600. The highest BCUT2D eigenvalue weighted by molar-refractivity contribution is 5.19. The summed E-state index contributed by atoms with van der Waals surface area (Å²) in [5, 5.41) is 3.80. The minimum absolute atomic E-state index is 0.345. The second kappa shape index (κ2) is 7.79. The number of rotatable bonds is 6. The molecular weight excluding hydrogens is 254 g/mol. The quantitative estimate of drug-likeness (QED) is 0.666. The molecule has 0 saturated carbocycles. The molecule has 1 atom stereocenters. The Morgan fingerprint density at radius 2 is 1.86 bits per heavy atom. The summed E-state index contributed by atoms with van der Waals surface area (Å²) in [5.41, 5.74) is 3.43. The highest BCUT2D eigenvalue weighted by Crippen LogP contribution is 2.29. The lowest BCUT2D eigenvalue weighted by Crippen LogP contribution is -2.27. The van der Waals surface area contributed by atoms with Crippen molar-refractivity contribution >= 4 is 0 Å². The summed E-state index contributed by atoms with van der Waals surface area (Å²) in [6, 6.07) is 11.4. The van der Waals surface area contributed by atoms with Crippen LogP contribution >= 0.6 is 0 Å². The van der Waals surface area contributed by atoms with Crippen LogP contribution in [0.3, 0.4) is 0 Å². The molecule has 1 aromatic rings. The van der Waals surface area contributed by atoms with E-state index in [1.807, 2.05) is 0 Å². The van der Waals surface area contributed by atoms with Gasteiger partial charge in [0.25, 0.3) is 0 Å². The monoisotopic (exact) mass is 285 g/mol. The molecule has 1 aromatic carbocycles. The predicted molar refractivity (Wildman–Crippen MR) is 92.4 cm³/mol. The van der Waals surface area contributed by atoms with Gasteiger partial charge in [-0.05, 0) is 56.0 Å². The predicted octanol–water partition coefficient (Wildman–Crippen LogP) is 5.64. The summed E-state index contributed by atoms with van der Waals surface area (Å²) in [7, 11) is 0. The van der Waals surface area contributed by atoms with Gasteiger partial charge < -0.3 is 5.32 Å². The SMILES string of the molecule is CC(C)(C)CC(NCCC1=CCCCC1)c1ccccc1. The molecule has 21 heavy (non-hydrogen) atoms. The number of hydrogen-bond donors (Lipinski definition) is 1. The lowest BCUT2D eigenvalue weighted by Gasteiger charge is -2.27. The van der Waals surface area contributed by atoms with Crippen molar-refractivity contribution in [1.29, 1.82) is 0 Å². The molecule has 0 aromatic heterocycles. The maximum absolute atomic E-state index is 3.80. The first-order chi connectivity index (χ1) is 10.0. The van der Waals surface area contributed by atoms with E-state index in [0.29, 0.717) is 11.5 Å². The van der Waals surface area contributed by atoms with Gasteiger partial charge in [-0.3, -0.25) is 0 Å². The van der Waals surface area contributed by atoms with Crippen LogP contribution < -0.4 is 5.32 Å². The van der Waals surface area contributed by atoms with Gasteiger partial charge in [0.2, 0.25) is 0 Å². The second-order valence-corrected chi connectivity index (χ2v) is 7.54. The topological polar surface area (TPSA) is 12.0 Å². The Balaban J connectivity index is 1.91. The van der Waals surface area contributed by atoms with Crippen LogP contribution in [-0.2, 0) is 0 Å². The van der Waals surface area contributed by atoms with Crippen LogP contribution in [0.15, 0.2) is 42.0 Å². The van der Waals surface area contributed by atoms with Crippen LogP contribution in [-0.4, -0.2) is 6.54 Å². The zero-order valence-corrected chi connectivity index (χ0v) is 14.0. The molecule has 0 saturated heterocycles. The van der Waals surface area contributed by atoms with Crippen molar-refractivity contribution in [3.05, 3.63) is 47.5 Å². The lowest BCUT2D eigenvalue weighted by atomic mass is 9.85. The Labute approximate surface area is 130 Å². The van der Waals surface area contributed by atoms with Crippen molar-refractivity contribution < 1.29 is 0 Å². The molecule has 1 aliphatic carbocycles. The van der Waals surface area contributed by atoms with Crippen LogP contribution in [0.5, 0.6) is 0 Å². The van der Waals surface area contributed by atoms with Gasteiger partial charge in [-0.1, -0.05) is 62.8 Å². The van der Waals surface area contributed by atoms with Gasteiger partial charge in [0, 0.05) is 6.04 Å². The zero-order valence-electron chi connectivity index (χ0n) is 14.0. The Morgan fingerprint density at radius 1 is 1.10 bits per heavy atom. The molecule has 116 valence electrons. The molecule has 1 unspecified atom stereocenters. The average molecular weight is 285 g/mol. The van der Waals surface area contributed by atoms with Gasteiger partial charge in [-0.2, -0.15) is 0 Å². The average Bonchev–Trinajstić information content (AvgIpc) is 2.47. The van der Waals surface area contributed by atoms with Crippen molar-refractivity contribution in [1.82, 2.24) is 5.32 Å². The van der Waals surface area contributed by atoms with Gasteiger partial charge in [-0.15, -0.1) is 0 Å². The molecule has 0 amide bonds. The smallest absolute Gasteiger partial charge is 0.0325 e. The zero-order chi connectivity index (χ0) is 15.1. The van der Waals surface area contributed by atoms with E-state index in [4.69, 9.17) is 0 Å². The minimum Gasteiger partial charge on any atom is -0.310 e. The van der Waals surface area contributed by atoms with Crippen molar-refractivity contribution in [3.63, 3.8) is 0 Å². The van der Waals surface area contributed by atoms with Crippen molar-refractivity contribution in [2.75, 3.05) is 6.54 Å². The van der Waals surface area contributed by atoms with E-state index in [-0.39, 0.29) is 0 Å². The molecule has 0 radical (unpaired) electrons. The first-order valence-corrected chi connectivity index (χ1v) is 8.51. The fourth-order valence-corrected chi connectivity index (χ4v) is 3.14. The molecule has 0 aliphatic heterocycles. The van der Waals surface area contributed by atoms with Crippen LogP contribution in [0.4, 0.5) is 0 Å². The first-order valence-electron chi connectivity index (χ1n) is 8.51. The van der Waals surface area contributed by atoms with E-state index in [2.05, 4.69) is 62.5 Å². The van der Waals surface area contributed by atoms with E-state index in [9.17, 15) is 0 Å². The molecule has 1 nitrogen and oxygen atoms in total. The maximum Gasteiger partial charge on any atom is 0.0325 e. The number of allylic oxidation sites excluding steroid dienone is 1. The summed E-state index contributed by atoms with van der Waals surface area (Å²) in [6.07, 6.45) is 10.2. The Morgan fingerprint density at radius 3 is 2.48 bits per heavy atom. The number of benzene rings is 1. The molecule has 0 bridgehead atoms. The largest absolute Gasteiger partial charge is 0.310 e. The van der Waals surface area contributed by atoms with Gasteiger partial charge in [-0.25, -0.2) is 0 Å². The molecule has 1 N–H and O–H groups in total. The summed E-state index contributed by atoms with van der Waals surface area (Å²) >= 11 is 0.